The minimum absolute atomic E-state index is 0.324. The van der Waals surface area contributed by atoms with Gasteiger partial charge in [-0.3, -0.25) is 0 Å². The van der Waals surface area contributed by atoms with Gasteiger partial charge in [-0.2, -0.15) is 0 Å². The molecule has 3 rings (SSSR count). The number of nitrogens with zero attached hydrogens (tertiary/aromatic N) is 1. The molecular formula is C15H18N2O2. The van der Waals surface area contributed by atoms with Gasteiger partial charge in [0.05, 0.1) is 6.10 Å². The van der Waals surface area contributed by atoms with Crippen LogP contribution >= 0.6 is 0 Å². The minimum Gasteiger partial charge on any atom is -0.490 e. The molecule has 2 aromatic rings. The van der Waals surface area contributed by atoms with Crippen LogP contribution in [-0.2, 0) is 0 Å². The van der Waals surface area contributed by atoms with E-state index in [0.29, 0.717) is 12.0 Å². The van der Waals surface area contributed by atoms with Gasteiger partial charge >= 0.3 is 0 Å². The molecule has 1 aromatic heterocycles. The third kappa shape index (κ3) is 2.43. The van der Waals surface area contributed by atoms with Crippen molar-refractivity contribution in [1.29, 1.82) is 0 Å². The van der Waals surface area contributed by atoms with Crippen LogP contribution in [0.3, 0.4) is 0 Å². The van der Waals surface area contributed by atoms with E-state index in [1.165, 1.54) is 12.8 Å². The van der Waals surface area contributed by atoms with E-state index in [-0.39, 0.29) is 0 Å². The Kier molecular flexibility index (Phi) is 3.15. The second kappa shape index (κ2) is 4.96. The van der Waals surface area contributed by atoms with Crippen molar-refractivity contribution in [2.24, 2.45) is 0 Å². The van der Waals surface area contributed by atoms with Crippen LogP contribution in [0.5, 0.6) is 5.75 Å². The van der Waals surface area contributed by atoms with Crippen molar-refractivity contribution < 1.29 is 9.26 Å². The third-order valence-corrected chi connectivity index (χ3v) is 3.61. The van der Waals surface area contributed by atoms with E-state index in [1.54, 1.807) is 6.07 Å². The average Bonchev–Trinajstić information content (AvgIpc) is 3.01. The second-order valence-electron chi connectivity index (χ2n) is 5.09. The molecule has 1 aromatic carbocycles. The lowest BCUT2D eigenvalue weighted by molar-refractivity contribution is 0.211. The predicted octanol–water partition coefficient (Wildman–Crippen LogP) is 3.55. The number of nitrogens with two attached hydrogens (primary N) is 1. The summed E-state index contributed by atoms with van der Waals surface area (Å²) in [6, 6.07) is 7.78. The van der Waals surface area contributed by atoms with E-state index in [9.17, 15) is 0 Å². The fourth-order valence-corrected chi connectivity index (χ4v) is 2.66. The fourth-order valence-electron chi connectivity index (χ4n) is 2.66. The number of benzene rings is 1. The fraction of sp³-hybridized carbons (Fsp3) is 0.400. The minimum atomic E-state index is 0.324. The van der Waals surface area contributed by atoms with Crippen molar-refractivity contribution in [3.8, 4) is 17.0 Å². The quantitative estimate of drug-likeness (QED) is 0.914. The summed E-state index contributed by atoms with van der Waals surface area (Å²) < 4.78 is 11.1. The van der Waals surface area contributed by atoms with E-state index in [0.717, 1.165) is 35.4 Å². The Labute approximate surface area is 112 Å². The molecule has 0 unspecified atom stereocenters. The molecule has 2 N–H and O–H groups in total. The molecule has 100 valence electrons. The Morgan fingerprint density at radius 1 is 1.32 bits per heavy atom. The Balaban J connectivity index is 1.97. The molecule has 0 radical (unpaired) electrons. The molecule has 1 heterocycles. The average molecular weight is 258 g/mol. The number of anilines is 1. The number of ether oxygens (including phenoxy) is 1. The van der Waals surface area contributed by atoms with Gasteiger partial charge in [0.15, 0.2) is 0 Å². The summed E-state index contributed by atoms with van der Waals surface area (Å²) >= 11 is 0. The van der Waals surface area contributed by atoms with Crippen LogP contribution in [0.4, 0.5) is 5.88 Å². The molecule has 1 saturated carbocycles. The van der Waals surface area contributed by atoms with Crippen LogP contribution < -0.4 is 10.5 Å². The lowest BCUT2D eigenvalue weighted by Gasteiger charge is -2.16. The zero-order chi connectivity index (χ0) is 13.2. The maximum atomic E-state index is 6.13. The highest BCUT2D eigenvalue weighted by Gasteiger charge is 2.20. The third-order valence-electron chi connectivity index (χ3n) is 3.61. The summed E-state index contributed by atoms with van der Waals surface area (Å²) in [4.78, 5) is 0. The highest BCUT2D eigenvalue weighted by molar-refractivity contribution is 5.72. The summed E-state index contributed by atoms with van der Waals surface area (Å²) in [7, 11) is 0. The van der Waals surface area contributed by atoms with Crippen molar-refractivity contribution in [2.75, 3.05) is 5.73 Å². The highest BCUT2D eigenvalue weighted by Crippen LogP contribution is 2.35. The van der Waals surface area contributed by atoms with Crippen molar-refractivity contribution in [1.82, 2.24) is 5.16 Å². The van der Waals surface area contributed by atoms with E-state index in [1.807, 2.05) is 25.1 Å². The van der Waals surface area contributed by atoms with Gasteiger partial charge in [0.1, 0.15) is 11.4 Å². The molecule has 1 fully saturated rings. The van der Waals surface area contributed by atoms with E-state index >= 15 is 0 Å². The molecule has 0 saturated heterocycles. The largest absolute Gasteiger partial charge is 0.490 e. The van der Waals surface area contributed by atoms with Crippen LogP contribution in [0.15, 0.2) is 28.8 Å². The van der Waals surface area contributed by atoms with Crippen LogP contribution in [0.2, 0.25) is 0 Å². The lowest BCUT2D eigenvalue weighted by atomic mass is 10.0. The predicted molar refractivity (Wildman–Crippen MR) is 74.0 cm³/mol. The smallest absolute Gasteiger partial charge is 0.222 e. The summed E-state index contributed by atoms with van der Waals surface area (Å²) in [6.45, 7) is 2.04. The molecule has 0 bridgehead atoms. The lowest BCUT2D eigenvalue weighted by Crippen LogP contribution is -2.11. The van der Waals surface area contributed by atoms with Gasteiger partial charge in [-0.1, -0.05) is 17.3 Å². The summed E-state index contributed by atoms with van der Waals surface area (Å²) in [5.41, 5.74) is 8.45. The van der Waals surface area contributed by atoms with Gasteiger partial charge in [-0.15, -0.1) is 0 Å². The summed E-state index contributed by atoms with van der Waals surface area (Å²) in [5.74, 6) is 1.20. The number of hydrogen-bond acceptors (Lipinski definition) is 4. The molecule has 0 amide bonds. The number of hydrogen-bond donors (Lipinski definition) is 1. The number of aryl methyl sites for hydroxylation is 1. The first-order chi connectivity index (χ1) is 9.24. The molecule has 4 heteroatoms. The Morgan fingerprint density at radius 2 is 2.11 bits per heavy atom. The van der Waals surface area contributed by atoms with Gasteiger partial charge in [-0.25, -0.2) is 0 Å². The maximum Gasteiger partial charge on any atom is 0.222 e. The van der Waals surface area contributed by atoms with Crippen LogP contribution in [-0.4, -0.2) is 11.3 Å². The summed E-state index contributed by atoms with van der Waals surface area (Å²) in [6.07, 6.45) is 5.10. The number of rotatable bonds is 3. The Morgan fingerprint density at radius 3 is 2.79 bits per heavy atom. The van der Waals surface area contributed by atoms with Crippen molar-refractivity contribution in [3.05, 3.63) is 29.8 Å². The zero-order valence-electron chi connectivity index (χ0n) is 11.1. The highest BCUT2D eigenvalue weighted by atomic mass is 16.5. The van der Waals surface area contributed by atoms with Gasteiger partial charge in [0.25, 0.3) is 0 Å². The SMILES string of the molecule is Cc1cccc(OC2CCCC2)c1-c1cc(N)on1. The van der Waals surface area contributed by atoms with Gasteiger partial charge in [0, 0.05) is 11.6 Å². The molecule has 4 nitrogen and oxygen atoms in total. The van der Waals surface area contributed by atoms with Crippen molar-refractivity contribution >= 4 is 5.88 Å². The van der Waals surface area contributed by atoms with E-state index < -0.39 is 0 Å². The van der Waals surface area contributed by atoms with Gasteiger partial charge < -0.3 is 15.0 Å². The standard InChI is InChI=1S/C15H18N2O2/c1-10-5-4-8-13(18-11-6-2-3-7-11)15(10)12-9-14(16)19-17-12/h4-5,8-9,11H,2-3,6-7,16H2,1H3. The van der Waals surface area contributed by atoms with Crippen LogP contribution in [0.25, 0.3) is 11.3 Å². The monoisotopic (exact) mass is 258 g/mol. The first kappa shape index (κ1) is 12.1. The Bertz CT molecular complexity index is 571. The molecule has 0 spiro atoms. The first-order valence-electron chi connectivity index (χ1n) is 6.73. The second-order valence-corrected chi connectivity index (χ2v) is 5.09. The molecule has 0 aliphatic heterocycles. The summed E-state index contributed by atoms with van der Waals surface area (Å²) in [5, 5.41) is 4.00. The molecule has 19 heavy (non-hydrogen) atoms. The van der Waals surface area contributed by atoms with Crippen LogP contribution in [0.1, 0.15) is 31.2 Å². The number of aromatic nitrogens is 1. The molecule has 1 aliphatic carbocycles. The van der Waals surface area contributed by atoms with Gasteiger partial charge in [-0.05, 0) is 44.2 Å². The zero-order valence-corrected chi connectivity index (χ0v) is 11.1. The molecule has 0 atom stereocenters. The molecular weight excluding hydrogens is 240 g/mol. The molecule has 1 aliphatic rings. The van der Waals surface area contributed by atoms with Crippen molar-refractivity contribution in [3.63, 3.8) is 0 Å². The first-order valence-corrected chi connectivity index (χ1v) is 6.73. The Hall–Kier alpha value is -1.97. The van der Waals surface area contributed by atoms with Gasteiger partial charge in [0.2, 0.25) is 5.88 Å². The van der Waals surface area contributed by atoms with E-state index in [4.69, 9.17) is 15.0 Å². The van der Waals surface area contributed by atoms with Crippen LogP contribution in [0, 0.1) is 6.92 Å². The topological polar surface area (TPSA) is 61.3 Å². The van der Waals surface area contributed by atoms with E-state index in [2.05, 4.69) is 5.16 Å². The number of nitrogen functional groups attached to an aromatic ring is 1. The maximum absolute atomic E-state index is 6.13. The normalized spacial score (nSPS) is 15.8. The van der Waals surface area contributed by atoms with Crippen molar-refractivity contribution in [2.45, 2.75) is 38.7 Å².